The average molecular weight is 456 g/mol. The number of hydrogen-bond donors (Lipinski definition) is 2. The minimum Gasteiger partial charge on any atom is -0.371 e. The summed E-state index contributed by atoms with van der Waals surface area (Å²) in [5.41, 5.74) is 8.02. The molecule has 3 heterocycles. The first kappa shape index (κ1) is 22.7. The highest BCUT2D eigenvalue weighted by Gasteiger charge is 2.20. The van der Waals surface area contributed by atoms with Crippen molar-refractivity contribution in [3.05, 3.63) is 86.6 Å². The normalized spacial score (nSPS) is 12.0. The lowest BCUT2D eigenvalue weighted by Crippen LogP contribution is -2.28. The maximum atomic E-state index is 13.8. The molecule has 0 fully saturated rings. The molecule has 3 aromatic heterocycles. The van der Waals surface area contributed by atoms with Crippen LogP contribution in [-0.2, 0) is 7.05 Å². The van der Waals surface area contributed by atoms with Gasteiger partial charge in [-0.3, -0.25) is 9.59 Å². The quantitative estimate of drug-likeness (QED) is 0.439. The van der Waals surface area contributed by atoms with E-state index >= 15 is 0 Å². The van der Waals surface area contributed by atoms with Crippen LogP contribution in [0.3, 0.4) is 0 Å². The molecule has 34 heavy (non-hydrogen) atoms. The highest BCUT2D eigenvalue weighted by Crippen LogP contribution is 2.31. The molecule has 1 atom stereocenters. The van der Waals surface area contributed by atoms with Crippen LogP contribution in [0.25, 0.3) is 26.7 Å². The van der Waals surface area contributed by atoms with Crippen molar-refractivity contribution in [1.82, 2.24) is 19.1 Å². The van der Waals surface area contributed by atoms with Crippen LogP contribution in [0.5, 0.6) is 0 Å². The Bertz CT molecular complexity index is 1560. The van der Waals surface area contributed by atoms with Gasteiger partial charge in [-0.15, -0.1) is 0 Å². The van der Waals surface area contributed by atoms with Gasteiger partial charge < -0.3 is 20.2 Å². The number of nitrogens with two attached hydrogens (primary N) is 1. The van der Waals surface area contributed by atoms with E-state index < -0.39 is 0 Å². The maximum absolute atomic E-state index is 13.8. The van der Waals surface area contributed by atoms with Crippen molar-refractivity contribution in [3.63, 3.8) is 0 Å². The molecule has 0 saturated carbocycles. The molecule has 0 saturated heterocycles. The Morgan fingerprint density at radius 1 is 1.15 bits per heavy atom. The van der Waals surface area contributed by atoms with Crippen LogP contribution in [0.15, 0.2) is 58.4 Å². The summed E-state index contributed by atoms with van der Waals surface area (Å²) < 4.78 is 3.24. The fourth-order valence-electron chi connectivity index (χ4n) is 4.11. The molecule has 4 aromatic rings. The summed E-state index contributed by atoms with van der Waals surface area (Å²) in [7, 11) is 1.69. The van der Waals surface area contributed by atoms with Gasteiger partial charge in [-0.2, -0.15) is 0 Å². The van der Waals surface area contributed by atoms with Crippen LogP contribution in [0.1, 0.15) is 38.5 Å². The first-order valence-electron chi connectivity index (χ1n) is 10.8. The number of nitrogen functional groups attached to an aromatic ring is 1. The third-order valence-electron chi connectivity index (χ3n) is 5.73. The molecular formula is C25H25N7O2. The van der Waals surface area contributed by atoms with Crippen molar-refractivity contribution in [3.8, 4) is 11.1 Å². The van der Waals surface area contributed by atoms with Gasteiger partial charge in [0, 0.05) is 37.2 Å². The molecule has 0 aliphatic rings. The standard InChI is InChI=1S/C25H25N7O2/c1-14(2)32-20(15(3)29-23-19(27-4)12-28-25(26)30-23)11-16-7-6-8-18(22(16)24(32)34)17-9-10-21(33)31(5)13-17/h6-15H,1-3,5H3,(H3,26,28,29,30)/t15-/m0/s1. The summed E-state index contributed by atoms with van der Waals surface area (Å²) >= 11 is 0. The van der Waals surface area contributed by atoms with Crippen molar-refractivity contribution in [2.24, 2.45) is 7.05 Å². The molecule has 3 N–H and O–H groups in total. The van der Waals surface area contributed by atoms with Crippen LogP contribution >= 0.6 is 0 Å². The number of nitrogens with zero attached hydrogens (tertiary/aromatic N) is 5. The molecule has 0 unspecified atom stereocenters. The van der Waals surface area contributed by atoms with E-state index in [1.807, 2.05) is 45.0 Å². The Hall–Kier alpha value is -4.45. The van der Waals surface area contributed by atoms with Gasteiger partial charge in [-0.05, 0) is 49.4 Å². The summed E-state index contributed by atoms with van der Waals surface area (Å²) in [5, 5.41) is 4.59. The number of nitrogens with one attached hydrogen (secondary N) is 1. The highest BCUT2D eigenvalue weighted by molar-refractivity contribution is 5.96. The highest BCUT2D eigenvalue weighted by atomic mass is 16.1. The minimum absolute atomic E-state index is 0.0590. The van der Waals surface area contributed by atoms with Crippen LogP contribution < -0.4 is 22.2 Å². The Morgan fingerprint density at radius 3 is 2.59 bits per heavy atom. The van der Waals surface area contributed by atoms with Crippen molar-refractivity contribution in [2.75, 3.05) is 11.1 Å². The third-order valence-corrected chi connectivity index (χ3v) is 5.73. The van der Waals surface area contributed by atoms with Gasteiger partial charge in [-0.25, -0.2) is 14.8 Å². The Morgan fingerprint density at radius 2 is 1.91 bits per heavy atom. The summed E-state index contributed by atoms with van der Waals surface area (Å²) in [6, 6.07) is 10.4. The average Bonchev–Trinajstić information content (AvgIpc) is 2.80. The lowest BCUT2D eigenvalue weighted by Gasteiger charge is -2.24. The predicted molar refractivity (Wildman–Crippen MR) is 134 cm³/mol. The zero-order valence-corrected chi connectivity index (χ0v) is 19.4. The molecule has 1 aromatic carbocycles. The summed E-state index contributed by atoms with van der Waals surface area (Å²) in [4.78, 5) is 37.2. The number of benzene rings is 1. The van der Waals surface area contributed by atoms with Crippen molar-refractivity contribution < 1.29 is 0 Å². The van der Waals surface area contributed by atoms with E-state index in [1.54, 1.807) is 23.9 Å². The Balaban J connectivity index is 1.91. The number of aromatic nitrogens is 4. The van der Waals surface area contributed by atoms with Gasteiger partial charge in [0.1, 0.15) is 5.82 Å². The monoisotopic (exact) mass is 455 g/mol. The second-order valence-corrected chi connectivity index (χ2v) is 8.41. The largest absolute Gasteiger partial charge is 0.371 e. The lowest BCUT2D eigenvalue weighted by molar-refractivity contribution is 0.541. The zero-order chi connectivity index (χ0) is 24.6. The van der Waals surface area contributed by atoms with Crippen molar-refractivity contribution in [2.45, 2.75) is 32.9 Å². The molecule has 0 bridgehead atoms. The second kappa shape index (κ2) is 8.83. The van der Waals surface area contributed by atoms with Gasteiger partial charge in [0.15, 0.2) is 0 Å². The SMILES string of the molecule is [C-]#[N+]c1cnc(N)nc1N[C@@H](C)c1cc2cccc(-c3ccc(=O)n(C)c3)c2c(=O)n1C(C)C. The number of pyridine rings is 2. The van der Waals surface area contributed by atoms with E-state index in [-0.39, 0.29) is 34.8 Å². The molecule has 9 heteroatoms. The Labute approximate surface area is 196 Å². The van der Waals surface area contributed by atoms with Gasteiger partial charge in [0.25, 0.3) is 5.56 Å². The van der Waals surface area contributed by atoms with E-state index in [1.165, 1.54) is 16.8 Å². The van der Waals surface area contributed by atoms with E-state index in [0.717, 1.165) is 22.2 Å². The van der Waals surface area contributed by atoms with Crippen LogP contribution in [0, 0.1) is 6.57 Å². The topological polar surface area (TPSA) is 112 Å². The number of fused-ring (bicyclic) bond motifs is 1. The van der Waals surface area contributed by atoms with Crippen molar-refractivity contribution in [1.29, 1.82) is 0 Å². The molecule has 0 radical (unpaired) electrons. The molecular weight excluding hydrogens is 430 g/mol. The van der Waals surface area contributed by atoms with Gasteiger partial charge >= 0.3 is 0 Å². The minimum atomic E-state index is -0.351. The Kier molecular flexibility index (Phi) is 5.90. The number of aryl methyl sites for hydroxylation is 1. The molecule has 4 rings (SSSR count). The van der Waals surface area contributed by atoms with Gasteiger partial charge in [-0.1, -0.05) is 18.2 Å². The van der Waals surface area contributed by atoms with Crippen LogP contribution in [0.4, 0.5) is 17.5 Å². The first-order valence-corrected chi connectivity index (χ1v) is 10.8. The fourth-order valence-corrected chi connectivity index (χ4v) is 4.11. The maximum Gasteiger partial charge on any atom is 0.259 e. The van der Waals surface area contributed by atoms with Gasteiger partial charge in [0.2, 0.25) is 17.2 Å². The molecule has 0 amide bonds. The van der Waals surface area contributed by atoms with Crippen LogP contribution in [0.2, 0.25) is 0 Å². The van der Waals surface area contributed by atoms with Crippen LogP contribution in [-0.4, -0.2) is 19.1 Å². The molecule has 0 aliphatic carbocycles. The van der Waals surface area contributed by atoms with Gasteiger partial charge in [0.05, 0.1) is 18.0 Å². The predicted octanol–water partition coefficient (Wildman–Crippen LogP) is 4.04. The number of anilines is 2. The van der Waals surface area contributed by atoms with E-state index in [9.17, 15) is 9.59 Å². The lowest BCUT2D eigenvalue weighted by atomic mass is 9.98. The number of hydrogen-bond acceptors (Lipinski definition) is 6. The second-order valence-electron chi connectivity index (χ2n) is 8.41. The molecule has 0 aliphatic heterocycles. The van der Waals surface area contributed by atoms with E-state index in [2.05, 4.69) is 20.1 Å². The molecule has 9 nitrogen and oxygen atoms in total. The van der Waals surface area contributed by atoms with Crippen molar-refractivity contribution >= 4 is 28.2 Å². The number of rotatable bonds is 5. The summed E-state index contributed by atoms with van der Waals surface area (Å²) in [6.07, 6.45) is 3.11. The summed E-state index contributed by atoms with van der Waals surface area (Å²) in [5.74, 6) is 0.376. The smallest absolute Gasteiger partial charge is 0.259 e. The van der Waals surface area contributed by atoms with E-state index in [4.69, 9.17) is 12.3 Å². The molecule has 172 valence electrons. The fraction of sp³-hybridized carbons (Fsp3) is 0.240. The van der Waals surface area contributed by atoms with E-state index in [0.29, 0.717) is 11.2 Å². The first-order chi connectivity index (χ1) is 16.2. The molecule has 0 spiro atoms. The zero-order valence-electron chi connectivity index (χ0n) is 19.4. The summed E-state index contributed by atoms with van der Waals surface area (Å²) in [6.45, 7) is 13.2. The third kappa shape index (κ3) is 4.01.